The van der Waals surface area contributed by atoms with Crippen molar-refractivity contribution in [2.75, 3.05) is 0 Å². The minimum atomic E-state index is 0.654. The molecule has 0 N–H and O–H groups in total. The summed E-state index contributed by atoms with van der Waals surface area (Å²) in [6, 6.07) is 19.8. The third kappa shape index (κ3) is 3.98. The molecule has 3 unspecified atom stereocenters. The van der Waals surface area contributed by atoms with Gasteiger partial charge in [0.2, 0.25) is 0 Å². The summed E-state index contributed by atoms with van der Waals surface area (Å²) in [5.74, 6) is 1.45. The van der Waals surface area contributed by atoms with Crippen LogP contribution in [-0.4, -0.2) is 4.83 Å². The van der Waals surface area contributed by atoms with E-state index in [-0.39, 0.29) is 0 Å². The Morgan fingerprint density at radius 2 is 1.62 bits per heavy atom. The van der Waals surface area contributed by atoms with Crippen LogP contribution in [0.2, 0.25) is 0 Å². The summed E-state index contributed by atoms with van der Waals surface area (Å²) >= 11 is 7.43. The molecule has 1 saturated carbocycles. The second kappa shape index (κ2) is 7.11. The van der Waals surface area contributed by atoms with Crippen molar-refractivity contribution in [1.82, 2.24) is 0 Å². The topological polar surface area (TPSA) is 0 Å². The lowest BCUT2D eigenvalue weighted by atomic mass is 9.76. The van der Waals surface area contributed by atoms with Gasteiger partial charge in [0.25, 0.3) is 0 Å². The van der Waals surface area contributed by atoms with Crippen molar-refractivity contribution < 1.29 is 0 Å². The maximum atomic E-state index is 3.92. The predicted molar refractivity (Wildman–Crippen MR) is 97.1 cm³/mol. The van der Waals surface area contributed by atoms with E-state index < -0.39 is 0 Å². The second-order valence-corrected chi connectivity index (χ2v) is 8.12. The number of benzene rings is 2. The third-order valence-corrected chi connectivity index (χ3v) is 6.31. The first-order valence-corrected chi connectivity index (χ1v) is 9.36. The molecule has 0 radical (unpaired) electrons. The molecule has 0 spiro atoms. The number of hydrogen-bond donors (Lipinski definition) is 0. The lowest BCUT2D eigenvalue weighted by Gasteiger charge is -2.33. The Labute approximate surface area is 144 Å². The average molecular weight is 408 g/mol. The molecule has 110 valence electrons. The number of halogens is 2. The van der Waals surface area contributed by atoms with Gasteiger partial charge in [-0.25, -0.2) is 0 Å². The fourth-order valence-electron chi connectivity index (χ4n) is 3.39. The van der Waals surface area contributed by atoms with Gasteiger partial charge in [-0.05, 0) is 60.8 Å². The van der Waals surface area contributed by atoms with E-state index in [0.717, 1.165) is 16.3 Å². The van der Waals surface area contributed by atoms with Gasteiger partial charge in [0.15, 0.2) is 0 Å². The molecule has 0 saturated heterocycles. The van der Waals surface area contributed by atoms with Crippen LogP contribution in [-0.2, 0) is 6.42 Å². The summed E-state index contributed by atoms with van der Waals surface area (Å²) in [6.45, 7) is 0. The predicted octanol–water partition coefficient (Wildman–Crippen LogP) is 6.34. The van der Waals surface area contributed by atoms with E-state index in [1.165, 1.54) is 36.8 Å². The standard InChI is InChI=1S/C19H20Br2/c20-18-9-6-14(7-10-18)12-17-13-16(8-11-19(17)21)15-4-2-1-3-5-15/h1-7,9-10,16-17,19H,8,11-13H2. The van der Waals surface area contributed by atoms with Crippen molar-refractivity contribution in [2.24, 2.45) is 5.92 Å². The van der Waals surface area contributed by atoms with Crippen LogP contribution in [0.5, 0.6) is 0 Å². The fourth-order valence-corrected chi connectivity index (χ4v) is 4.32. The van der Waals surface area contributed by atoms with Crippen LogP contribution in [0.1, 0.15) is 36.3 Å². The molecule has 0 heterocycles. The van der Waals surface area contributed by atoms with E-state index in [1.54, 1.807) is 0 Å². The SMILES string of the molecule is Brc1ccc(CC2CC(c3ccccc3)CCC2Br)cc1. The maximum absolute atomic E-state index is 3.92. The summed E-state index contributed by atoms with van der Waals surface area (Å²) in [5, 5.41) is 0. The number of hydrogen-bond acceptors (Lipinski definition) is 0. The summed E-state index contributed by atoms with van der Waals surface area (Å²) < 4.78 is 1.16. The van der Waals surface area contributed by atoms with Gasteiger partial charge in [0.1, 0.15) is 0 Å². The normalized spacial score (nSPS) is 25.7. The van der Waals surface area contributed by atoms with Crippen LogP contribution in [0.15, 0.2) is 59.1 Å². The quantitative estimate of drug-likeness (QED) is 0.520. The van der Waals surface area contributed by atoms with Crippen molar-refractivity contribution in [2.45, 2.75) is 36.4 Å². The number of alkyl halides is 1. The van der Waals surface area contributed by atoms with Gasteiger partial charge in [0, 0.05) is 9.30 Å². The van der Waals surface area contributed by atoms with E-state index in [1.807, 2.05) is 0 Å². The molecule has 0 aliphatic heterocycles. The Bertz CT molecular complexity index is 562. The monoisotopic (exact) mass is 406 g/mol. The zero-order valence-electron chi connectivity index (χ0n) is 12.0. The maximum Gasteiger partial charge on any atom is 0.0177 e. The minimum Gasteiger partial charge on any atom is -0.0888 e. The highest BCUT2D eigenvalue weighted by molar-refractivity contribution is 9.10. The van der Waals surface area contributed by atoms with Crippen LogP contribution in [0, 0.1) is 5.92 Å². The Morgan fingerprint density at radius 1 is 0.905 bits per heavy atom. The van der Waals surface area contributed by atoms with Crippen LogP contribution in [0.25, 0.3) is 0 Å². The molecule has 3 atom stereocenters. The van der Waals surface area contributed by atoms with E-state index in [4.69, 9.17) is 0 Å². The minimum absolute atomic E-state index is 0.654. The molecule has 1 aliphatic rings. The molecule has 0 bridgehead atoms. The Hall–Kier alpha value is -0.600. The molecular weight excluding hydrogens is 388 g/mol. The third-order valence-electron chi connectivity index (χ3n) is 4.57. The molecule has 2 aromatic carbocycles. The van der Waals surface area contributed by atoms with Crippen molar-refractivity contribution in [3.8, 4) is 0 Å². The smallest absolute Gasteiger partial charge is 0.0177 e. The Morgan fingerprint density at radius 3 is 2.33 bits per heavy atom. The van der Waals surface area contributed by atoms with Crippen molar-refractivity contribution in [3.63, 3.8) is 0 Å². The van der Waals surface area contributed by atoms with Crippen molar-refractivity contribution in [3.05, 3.63) is 70.2 Å². The van der Waals surface area contributed by atoms with Gasteiger partial charge in [0.05, 0.1) is 0 Å². The lowest BCUT2D eigenvalue weighted by molar-refractivity contribution is 0.335. The Kier molecular flexibility index (Phi) is 5.18. The zero-order valence-corrected chi connectivity index (χ0v) is 15.2. The van der Waals surface area contributed by atoms with Crippen LogP contribution in [0.4, 0.5) is 0 Å². The molecule has 21 heavy (non-hydrogen) atoms. The van der Waals surface area contributed by atoms with Gasteiger partial charge in [-0.3, -0.25) is 0 Å². The first-order valence-electron chi connectivity index (χ1n) is 7.66. The summed E-state index contributed by atoms with van der Waals surface area (Å²) in [6.07, 6.45) is 5.04. The lowest BCUT2D eigenvalue weighted by Crippen LogP contribution is -2.25. The van der Waals surface area contributed by atoms with Crippen LogP contribution in [0.3, 0.4) is 0 Å². The fraction of sp³-hybridized carbons (Fsp3) is 0.368. The van der Waals surface area contributed by atoms with Crippen LogP contribution < -0.4 is 0 Å². The Balaban J connectivity index is 1.70. The van der Waals surface area contributed by atoms with Gasteiger partial charge in [-0.15, -0.1) is 0 Å². The number of rotatable bonds is 3. The summed E-state index contributed by atoms with van der Waals surface area (Å²) in [4.78, 5) is 0.654. The highest BCUT2D eigenvalue weighted by atomic mass is 79.9. The molecule has 2 aromatic rings. The average Bonchev–Trinajstić information content (AvgIpc) is 2.52. The second-order valence-electron chi connectivity index (χ2n) is 6.03. The molecule has 3 rings (SSSR count). The molecule has 2 heteroatoms. The van der Waals surface area contributed by atoms with Gasteiger partial charge in [-0.2, -0.15) is 0 Å². The zero-order chi connectivity index (χ0) is 14.7. The van der Waals surface area contributed by atoms with Gasteiger partial charge >= 0.3 is 0 Å². The summed E-state index contributed by atoms with van der Waals surface area (Å²) in [5.41, 5.74) is 2.96. The molecule has 1 fully saturated rings. The first kappa shape index (κ1) is 15.3. The highest BCUT2D eigenvalue weighted by Gasteiger charge is 2.29. The van der Waals surface area contributed by atoms with E-state index in [9.17, 15) is 0 Å². The van der Waals surface area contributed by atoms with Gasteiger partial charge in [-0.1, -0.05) is 74.3 Å². The highest BCUT2D eigenvalue weighted by Crippen LogP contribution is 2.40. The van der Waals surface area contributed by atoms with Crippen LogP contribution >= 0.6 is 31.9 Å². The van der Waals surface area contributed by atoms with Crippen molar-refractivity contribution >= 4 is 31.9 Å². The van der Waals surface area contributed by atoms with Gasteiger partial charge < -0.3 is 0 Å². The summed E-state index contributed by atoms with van der Waals surface area (Å²) in [7, 11) is 0. The molecule has 0 amide bonds. The van der Waals surface area contributed by atoms with E-state index in [0.29, 0.717) is 4.83 Å². The van der Waals surface area contributed by atoms with E-state index in [2.05, 4.69) is 86.5 Å². The largest absolute Gasteiger partial charge is 0.0888 e. The van der Waals surface area contributed by atoms with Crippen molar-refractivity contribution in [1.29, 1.82) is 0 Å². The first-order chi connectivity index (χ1) is 10.2. The van der Waals surface area contributed by atoms with E-state index >= 15 is 0 Å². The molecule has 0 aromatic heterocycles. The molecular formula is C19H20Br2. The molecule has 0 nitrogen and oxygen atoms in total. The molecule has 1 aliphatic carbocycles.